The number of amides is 2. The maximum absolute atomic E-state index is 12.1. The molecule has 1 N–H and O–H groups in total. The van der Waals surface area contributed by atoms with E-state index in [0.29, 0.717) is 6.54 Å². The Morgan fingerprint density at radius 2 is 1.95 bits per heavy atom. The van der Waals surface area contributed by atoms with E-state index in [9.17, 15) is 9.59 Å². The molecule has 4 nitrogen and oxygen atoms in total. The quantitative estimate of drug-likeness (QED) is 0.811. The third-order valence-corrected chi connectivity index (χ3v) is 3.21. The van der Waals surface area contributed by atoms with Crippen molar-refractivity contribution >= 4 is 17.5 Å². The van der Waals surface area contributed by atoms with Crippen LogP contribution in [0.25, 0.3) is 0 Å². The molecule has 0 radical (unpaired) electrons. The molecule has 0 bridgehead atoms. The van der Waals surface area contributed by atoms with Gasteiger partial charge in [0.2, 0.25) is 11.8 Å². The van der Waals surface area contributed by atoms with Gasteiger partial charge in [-0.3, -0.25) is 9.59 Å². The molecule has 1 atom stereocenters. The number of benzene rings is 1. The Kier molecular flexibility index (Phi) is 5.97. The van der Waals surface area contributed by atoms with Crippen LogP contribution in [-0.2, 0) is 16.0 Å². The van der Waals surface area contributed by atoms with E-state index in [4.69, 9.17) is 0 Å². The highest BCUT2D eigenvalue weighted by Crippen LogP contribution is 2.11. The normalized spacial score (nSPS) is 11.6. The van der Waals surface area contributed by atoms with Gasteiger partial charge in [0.15, 0.2) is 0 Å². The number of rotatable bonds is 6. The van der Waals surface area contributed by atoms with Gasteiger partial charge in [-0.2, -0.15) is 0 Å². The predicted octanol–water partition coefficient (Wildman–Crippen LogP) is 2.61. The molecule has 0 fully saturated rings. The second-order valence-electron chi connectivity index (χ2n) is 4.68. The van der Waals surface area contributed by atoms with Crippen LogP contribution in [0.1, 0.15) is 26.3 Å². The van der Waals surface area contributed by atoms with Crippen LogP contribution in [0.4, 0.5) is 5.69 Å². The van der Waals surface area contributed by atoms with Gasteiger partial charge in [-0.25, -0.2) is 0 Å². The van der Waals surface area contributed by atoms with Gasteiger partial charge >= 0.3 is 0 Å². The number of carbonyl (C=O) groups excluding carboxylic acids is 2. The van der Waals surface area contributed by atoms with Crippen LogP contribution in [0.3, 0.4) is 0 Å². The lowest BCUT2D eigenvalue weighted by molar-refractivity contribution is -0.135. The zero-order valence-electron chi connectivity index (χ0n) is 12.3. The Hall–Kier alpha value is -2.10. The molecule has 0 aliphatic carbocycles. The fourth-order valence-corrected chi connectivity index (χ4v) is 1.91. The lowest BCUT2D eigenvalue weighted by atomic mass is 10.1. The van der Waals surface area contributed by atoms with Gasteiger partial charge in [0.25, 0.3) is 0 Å². The van der Waals surface area contributed by atoms with Crippen molar-refractivity contribution in [2.45, 2.75) is 33.2 Å². The molecule has 0 heterocycles. The molecule has 0 saturated carbocycles. The van der Waals surface area contributed by atoms with Crippen LogP contribution in [0.15, 0.2) is 36.9 Å². The SMILES string of the molecule is C=CCN(C(C)=O)C(C)C(=O)Nc1ccc(CC)cc1. The number of hydrogen-bond donors (Lipinski definition) is 1. The largest absolute Gasteiger partial charge is 0.327 e. The molecule has 0 aromatic heterocycles. The number of nitrogens with zero attached hydrogens (tertiary/aromatic N) is 1. The summed E-state index contributed by atoms with van der Waals surface area (Å²) in [6, 6.07) is 7.17. The highest BCUT2D eigenvalue weighted by Gasteiger charge is 2.22. The van der Waals surface area contributed by atoms with E-state index in [1.54, 1.807) is 13.0 Å². The molecule has 4 heteroatoms. The van der Waals surface area contributed by atoms with Crippen LogP contribution < -0.4 is 5.32 Å². The van der Waals surface area contributed by atoms with Gasteiger partial charge in [0.1, 0.15) is 6.04 Å². The first-order valence-electron chi connectivity index (χ1n) is 6.77. The summed E-state index contributed by atoms with van der Waals surface area (Å²) in [7, 11) is 0. The van der Waals surface area contributed by atoms with Crippen LogP contribution in [-0.4, -0.2) is 29.3 Å². The van der Waals surface area contributed by atoms with Crippen molar-refractivity contribution in [1.29, 1.82) is 0 Å². The molecule has 20 heavy (non-hydrogen) atoms. The maximum atomic E-state index is 12.1. The first-order chi connectivity index (χ1) is 9.49. The molecular formula is C16H22N2O2. The van der Waals surface area contributed by atoms with E-state index in [-0.39, 0.29) is 11.8 Å². The highest BCUT2D eigenvalue weighted by molar-refractivity contribution is 5.96. The zero-order valence-corrected chi connectivity index (χ0v) is 12.3. The Bertz CT molecular complexity index is 480. The van der Waals surface area contributed by atoms with Crippen LogP contribution in [0.2, 0.25) is 0 Å². The Morgan fingerprint density at radius 1 is 1.35 bits per heavy atom. The molecule has 1 aromatic rings. The van der Waals surface area contributed by atoms with E-state index in [1.165, 1.54) is 17.4 Å². The van der Waals surface area contributed by atoms with Crippen molar-refractivity contribution in [2.75, 3.05) is 11.9 Å². The molecule has 0 saturated heterocycles. The van der Waals surface area contributed by atoms with Crippen LogP contribution in [0, 0.1) is 0 Å². The summed E-state index contributed by atoms with van der Waals surface area (Å²) < 4.78 is 0. The predicted molar refractivity (Wildman–Crippen MR) is 81.5 cm³/mol. The molecule has 1 unspecified atom stereocenters. The lowest BCUT2D eigenvalue weighted by Gasteiger charge is -2.26. The first-order valence-corrected chi connectivity index (χ1v) is 6.77. The molecule has 0 aliphatic rings. The molecule has 0 spiro atoms. The first kappa shape index (κ1) is 16.0. The number of anilines is 1. The summed E-state index contributed by atoms with van der Waals surface area (Å²) >= 11 is 0. The van der Waals surface area contributed by atoms with Crippen LogP contribution >= 0.6 is 0 Å². The minimum Gasteiger partial charge on any atom is -0.327 e. The maximum Gasteiger partial charge on any atom is 0.246 e. The molecule has 108 valence electrons. The Labute approximate surface area is 120 Å². The van der Waals surface area contributed by atoms with E-state index in [2.05, 4.69) is 18.8 Å². The fourth-order valence-electron chi connectivity index (χ4n) is 1.91. The van der Waals surface area contributed by atoms with Crippen molar-refractivity contribution in [3.8, 4) is 0 Å². The summed E-state index contributed by atoms with van der Waals surface area (Å²) in [5.74, 6) is -0.347. The minimum atomic E-state index is -0.531. The van der Waals surface area contributed by atoms with Gasteiger partial charge < -0.3 is 10.2 Å². The third-order valence-electron chi connectivity index (χ3n) is 3.21. The molecule has 0 aliphatic heterocycles. The van der Waals surface area contributed by atoms with Crippen molar-refractivity contribution in [1.82, 2.24) is 4.90 Å². The van der Waals surface area contributed by atoms with Crippen molar-refractivity contribution < 1.29 is 9.59 Å². The monoisotopic (exact) mass is 274 g/mol. The summed E-state index contributed by atoms with van der Waals surface area (Å²) in [5.41, 5.74) is 1.95. The average molecular weight is 274 g/mol. The summed E-state index contributed by atoms with van der Waals surface area (Å²) in [5, 5.41) is 2.82. The number of carbonyl (C=O) groups is 2. The van der Waals surface area contributed by atoms with Gasteiger partial charge in [-0.05, 0) is 31.0 Å². The Morgan fingerprint density at radius 3 is 2.40 bits per heavy atom. The second-order valence-corrected chi connectivity index (χ2v) is 4.68. The molecule has 2 amide bonds. The van der Waals surface area contributed by atoms with Crippen molar-refractivity contribution in [2.24, 2.45) is 0 Å². The fraction of sp³-hybridized carbons (Fsp3) is 0.375. The average Bonchev–Trinajstić information content (AvgIpc) is 2.44. The minimum absolute atomic E-state index is 0.145. The van der Waals surface area contributed by atoms with E-state index in [0.717, 1.165) is 12.1 Å². The number of nitrogens with one attached hydrogen (secondary N) is 1. The lowest BCUT2D eigenvalue weighted by Crippen LogP contribution is -2.44. The summed E-state index contributed by atoms with van der Waals surface area (Å²) in [4.78, 5) is 25.1. The van der Waals surface area contributed by atoms with Gasteiger partial charge in [-0.1, -0.05) is 25.1 Å². The van der Waals surface area contributed by atoms with E-state index < -0.39 is 6.04 Å². The number of aryl methyl sites for hydroxylation is 1. The van der Waals surface area contributed by atoms with Crippen LogP contribution in [0.5, 0.6) is 0 Å². The summed E-state index contributed by atoms with van der Waals surface area (Å²) in [6.07, 6.45) is 2.57. The van der Waals surface area contributed by atoms with Crippen molar-refractivity contribution in [3.05, 3.63) is 42.5 Å². The molecular weight excluding hydrogens is 252 g/mol. The number of hydrogen-bond acceptors (Lipinski definition) is 2. The van der Waals surface area contributed by atoms with E-state index in [1.807, 2.05) is 24.3 Å². The standard InChI is InChI=1S/C16H22N2O2/c1-5-11-18(13(4)19)12(3)16(20)17-15-9-7-14(6-2)8-10-15/h5,7-10,12H,1,6,11H2,2-4H3,(H,17,20). The van der Waals surface area contributed by atoms with Gasteiger partial charge in [-0.15, -0.1) is 6.58 Å². The topological polar surface area (TPSA) is 49.4 Å². The third kappa shape index (κ3) is 4.23. The van der Waals surface area contributed by atoms with Crippen molar-refractivity contribution in [3.63, 3.8) is 0 Å². The summed E-state index contributed by atoms with van der Waals surface area (Å²) in [6.45, 7) is 9.20. The zero-order chi connectivity index (χ0) is 15.1. The Balaban J connectivity index is 2.72. The molecule has 1 rings (SSSR count). The van der Waals surface area contributed by atoms with E-state index >= 15 is 0 Å². The smallest absolute Gasteiger partial charge is 0.246 e. The second kappa shape index (κ2) is 7.48. The highest BCUT2D eigenvalue weighted by atomic mass is 16.2. The van der Waals surface area contributed by atoms with Gasteiger partial charge in [0, 0.05) is 19.2 Å². The molecule has 1 aromatic carbocycles. The van der Waals surface area contributed by atoms with Gasteiger partial charge in [0.05, 0.1) is 0 Å².